The smallest absolute Gasteiger partial charge is 0.255 e. The molecule has 1 saturated heterocycles. The van der Waals surface area contributed by atoms with Crippen LogP contribution in [0.25, 0.3) is 5.65 Å². The molecule has 3 aromatic rings. The van der Waals surface area contributed by atoms with Crippen molar-refractivity contribution in [2.24, 2.45) is 0 Å². The molecule has 0 radical (unpaired) electrons. The summed E-state index contributed by atoms with van der Waals surface area (Å²) in [6.45, 7) is 2.96. The van der Waals surface area contributed by atoms with Gasteiger partial charge in [0.15, 0.2) is 5.65 Å². The van der Waals surface area contributed by atoms with Crippen molar-refractivity contribution >= 4 is 29.1 Å². The molecule has 128 valence electrons. The van der Waals surface area contributed by atoms with Crippen LogP contribution < -0.4 is 4.90 Å². The van der Waals surface area contributed by atoms with Gasteiger partial charge in [-0.25, -0.2) is 9.50 Å². The lowest BCUT2D eigenvalue weighted by atomic mass is 10.2. The average molecular weight is 353 g/mol. The molecule has 6 nitrogen and oxygen atoms in total. The molecule has 4 rings (SSSR count). The molecule has 3 heterocycles. The topological polar surface area (TPSA) is 53.7 Å². The average Bonchev–Trinajstić information content (AvgIpc) is 3.15. The maximum Gasteiger partial charge on any atom is 0.255 e. The van der Waals surface area contributed by atoms with Crippen LogP contribution in [0, 0.1) is 0 Å². The number of hydrogen-bond acceptors (Lipinski definition) is 5. The van der Waals surface area contributed by atoms with Gasteiger partial charge in [0.25, 0.3) is 5.91 Å². The quantitative estimate of drug-likeness (QED) is 0.677. The molecule has 0 atom stereocenters. The molecule has 0 bridgehead atoms. The number of rotatable bonds is 3. The van der Waals surface area contributed by atoms with E-state index < -0.39 is 0 Å². The van der Waals surface area contributed by atoms with E-state index in [0.717, 1.165) is 35.0 Å². The lowest BCUT2D eigenvalue weighted by molar-refractivity contribution is 0.0743. The van der Waals surface area contributed by atoms with Gasteiger partial charge in [-0.2, -0.15) is 0 Å². The third kappa shape index (κ3) is 3.07. The van der Waals surface area contributed by atoms with Crippen molar-refractivity contribution in [1.82, 2.24) is 19.5 Å². The van der Waals surface area contributed by atoms with Crippen LogP contribution in [-0.4, -0.2) is 57.8 Å². The molecule has 1 amide bonds. The van der Waals surface area contributed by atoms with Crippen LogP contribution in [0.1, 0.15) is 10.4 Å². The number of thioether (sulfide) groups is 1. The largest absolute Gasteiger partial charge is 0.352 e. The fourth-order valence-corrected chi connectivity index (χ4v) is 3.69. The molecule has 2 aromatic heterocycles. The summed E-state index contributed by atoms with van der Waals surface area (Å²) in [6.07, 6.45) is 5.59. The molecular formula is C18H19N5OS. The first kappa shape index (κ1) is 16.0. The number of amides is 1. The zero-order valence-electron chi connectivity index (χ0n) is 14.0. The minimum Gasteiger partial charge on any atom is -0.352 e. The Hall–Kier alpha value is -2.54. The van der Waals surface area contributed by atoms with Gasteiger partial charge in [-0.05, 0) is 30.5 Å². The number of fused-ring (bicyclic) bond motifs is 1. The molecule has 0 spiro atoms. The Morgan fingerprint density at radius 2 is 1.88 bits per heavy atom. The van der Waals surface area contributed by atoms with Crippen molar-refractivity contribution in [3.63, 3.8) is 0 Å². The summed E-state index contributed by atoms with van der Waals surface area (Å²) in [5.41, 5.74) is 1.63. The summed E-state index contributed by atoms with van der Waals surface area (Å²) in [7, 11) is 0. The standard InChI is InChI=1S/C18H19N5OS/c1-25-15-5-3-2-4-14(15)18(24)22-12-10-21(11-13-22)17-7-6-16-19-8-9-23(16)20-17/h2-9H,10-13H2,1H3. The van der Waals surface area contributed by atoms with Gasteiger partial charge in [0.2, 0.25) is 0 Å². The number of carbonyl (C=O) groups excluding carboxylic acids is 1. The first-order valence-electron chi connectivity index (χ1n) is 8.24. The van der Waals surface area contributed by atoms with Crippen molar-refractivity contribution in [3.8, 4) is 0 Å². The van der Waals surface area contributed by atoms with Gasteiger partial charge < -0.3 is 9.80 Å². The second kappa shape index (κ2) is 6.76. The Balaban J connectivity index is 1.46. The molecule has 0 aliphatic carbocycles. The normalized spacial score (nSPS) is 14.9. The molecule has 0 N–H and O–H groups in total. The predicted molar refractivity (Wildman–Crippen MR) is 99.3 cm³/mol. The van der Waals surface area contributed by atoms with Gasteiger partial charge in [-0.15, -0.1) is 16.9 Å². The van der Waals surface area contributed by atoms with Crippen LogP contribution >= 0.6 is 11.8 Å². The van der Waals surface area contributed by atoms with E-state index in [0.29, 0.717) is 13.1 Å². The van der Waals surface area contributed by atoms with Crippen molar-refractivity contribution in [3.05, 3.63) is 54.4 Å². The fraction of sp³-hybridized carbons (Fsp3) is 0.278. The maximum atomic E-state index is 12.8. The lowest BCUT2D eigenvalue weighted by Gasteiger charge is -2.35. The predicted octanol–water partition coefficient (Wildman–Crippen LogP) is 2.41. The van der Waals surface area contributed by atoms with Crippen molar-refractivity contribution in [2.45, 2.75) is 4.90 Å². The number of imidazole rings is 1. The SMILES string of the molecule is CSc1ccccc1C(=O)N1CCN(c2ccc3nccn3n2)CC1. The van der Waals surface area contributed by atoms with Gasteiger partial charge in [0, 0.05) is 43.5 Å². The highest BCUT2D eigenvalue weighted by molar-refractivity contribution is 7.98. The lowest BCUT2D eigenvalue weighted by Crippen LogP contribution is -2.49. The monoisotopic (exact) mass is 353 g/mol. The first-order valence-corrected chi connectivity index (χ1v) is 9.46. The Morgan fingerprint density at radius 3 is 2.68 bits per heavy atom. The highest BCUT2D eigenvalue weighted by atomic mass is 32.2. The van der Waals surface area contributed by atoms with Gasteiger partial charge in [0.1, 0.15) is 5.82 Å². The van der Waals surface area contributed by atoms with E-state index in [1.54, 1.807) is 22.5 Å². The molecule has 25 heavy (non-hydrogen) atoms. The van der Waals surface area contributed by atoms with Crippen LogP contribution in [0.15, 0.2) is 53.7 Å². The summed E-state index contributed by atoms with van der Waals surface area (Å²) < 4.78 is 1.78. The number of benzene rings is 1. The van der Waals surface area contributed by atoms with E-state index in [-0.39, 0.29) is 5.91 Å². The van der Waals surface area contributed by atoms with E-state index in [4.69, 9.17) is 0 Å². The van der Waals surface area contributed by atoms with Gasteiger partial charge >= 0.3 is 0 Å². The van der Waals surface area contributed by atoms with Gasteiger partial charge in [0.05, 0.1) is 5.56 Å². The molecule has 1 fully saturated rings. The zero-order chi connectivity index (χ0) is 17.2. The highest BCUT2D eigenvalue weighted by Crippen LogP contribution is 2.22. The molecule has 1 aliphatic rings. The Kier molecular flexibility index (Phi) is 4.31. The van der Waals surface area contributed by atoms with E-state index in [9.17, 15) is 4.79 Å². The summed E-state index contributed by atoms with van der Waals surface area (Å²) in [6, 6.07) is 11.8. The van der Waals surface area contributed by atoms with Crippen LogP contribution in [0.4, 0.5) is 5.82 Å². The number of hydrogen-bond donors (Lipinski definition) is 0. The number of carbonyl (C=O) groups is 1. The number of anilines is 1. The summed E-state index contributed by atoms with van der Waals surface area (Å²) >= 11 is 1.61. The minimum atomic E-state index is 0.114. The Labute approximate surface area is 150 Å². The van der Waals surface area contributed by atoms with E-state index in [1.807, 2.05) is 53.8 Å². The Bertz CT molecular complexity index is 901. The second-order valence-electron chi connectivity index (χ2n) is 5.90. The van der Waals surface area contributed by atoms with E-state index in [2.05, 4.69) is 15.0 Å². The molecule has 7 heteroatoms. The van der Waals surface area contributed by atoms with Crippen molar-refractivity contribution in [2.75, 3.05) is 37.3 Å². The van der Waals surface area contributed by atoms with Crippen molar-refractivity contribution < 1.29 is 4.79 Å². The summed E-state index contributed by atoms with van der Waals surface area (Å²) in [5, 5.41) is 4.59. The number of nitrogens with zero attached hydrogens (tertiary/aromatic N) is 5. The molecular weight excluding hydrogens is 334 g/mol. The third-order valence-corrected chi connectivity index (χ3v) is 5.27. The number of aromatic nitrogens is 3. The summed E-state index contributed by atoms with van der Waals surface area (Å²) in [4.78, 5) is 22.2. The molecule has 0 saturated carbocycles. The van der Waals surface area contributed by atoms with Crippen LogP contribution in [0.3, 0.4) is 0 Å². The van der Waals surface area contributed by atoms with Crippen molar-refractivity contribution in [1.29, 1.82) is 0 Å². The first-order chi connectivity index (χ1) is 12.3. The van der Waals surface area contributed by atoms with E-state index >= 15 is 0 Å². The zero-order valence-corrected chi connectivity index (χ0v) is 14.8. The molecule has 0 unspecified atom stereocenters. The third-order valence-electron chi connectivity index (χ3n) is 4.47. The van der Waals surface area contributed by atoms with Crippen LogP contribution in [0.5, 0.6) is 0 Å². The Morgan fingerprint density at radius 1 is 1.08 bits per heavy atom. The van der Waals surface area contributed by atoms with E-state index in [1.165, 1.54) is 0 Å². The van der Waals surface area contributed by atoms with Gasteiger partial charge in [-0.1, -0.05) is 12.1 Å². The minimum absolute atomic E-state index is 0.114. The summed E-state index contributed by atoms with van der Waals surface area (Å²) in [5.74, 6) is 1.03. The van der Waals surface area contributed by atoms with Gasteiger partial charge in [-0.3, -0.25) is 4.79 Å². The van der Waals surface area contributed by atoms with Crippen LogP contribution in [-0.2, 0) is 0 Å². The highest BCUT2D eigenvalue weighted by Gasteiger charge is 2.24. The second-order valence-corrected chi connectivity index (χ2v) is 6.75. The molecule has 1 aromatic carbocycles. The maximum absolute atomic E-state index is 12.8. The fourth-order valence-electron chi connectivity index (χ4n) is 3.10. The molecule has 1 aliphatic heterocycles. The number of piperazine rings is 1. The van der Waals surface area contributed by atoms with Crippen LogP contribution in [0.2, 0.25) is 0 Å².